The van der Waals surface area contributed by atoms with Crippen LogP contribution in [0.25, 0.3) is 0 Å². The summed E-state index contributed by atoms with van der Waals surface area (Å²) < 4.78 is 6.61. The smallest absolute Gasteiger partial charge is 0.248 e. The number of aliphatic hydroxyl groups excluding tert-OH is 1. The number of nitrogens with zero attached hydrogens (tertiary/aromatic N) is 3. The molecule has 8 nitrogen and oxygen atoms in total. The minimum Gasteiger partial charge on any atom is -0.394 e. The first-order valence-corrected chi connectivity index (χ1v) is 14.1. The highest BCUT2D eigenvalue weighted by Crippen LogP contribution is 2.59. The molecule has 8 heteroatoms. The van der Waals surface area contributed by atoms with Crippen molar-refractivity contribution in [3.63, 3.8) is 0 Å². The van der Waals surface area contributed by atoms with Crippen LogP contribution in [-0.4, -0.2) is 94.1 Å². The average Bonchev–Trinajstić information content (AvgIpc) is 3.55. The molecule has 1 aliphatic carbocycles. The van der Waals surface area contributed by atoms with Crippen LogP contribution >= 0.6 is 0 Å². The number of fused-ring (bicyclic) bond motifs is 1. The lowest BCUT2D eigenvalue weighted by atomic mass is 9.70. The number of carbonyl (C=O) groups excluding carboxylic acids is 3. The van der Waals surface area contributed by atoms with Gasteiger partial charge in [0, 0.05) is 26.2 Å². The van der Waals surface area contributed by atoms with Crippen LogP contribution in [0.2, 0.25) is 0 Å². The van der Waals surface area contributed by atoms with Gasteiger partial charge in [-0.3, -0.25) is 14.4 Å². The zero-order valence-corrected chi connectivity index (χ0v) is 22.8. The fourth-order valence-corrected chi connectivity index (χ4v) is 7.47. The van der Waals surface area contributed by atoms with Crippen molar-refractivity contribution in [2.45, 2.75) is 95.0 Å². The van der Waals surface area contributed by atoms with Crippen LogP contribution in [0.5, 0.6) is 0 Å². The normalized spacial score (nSPS) is 32.6. The van der Waals surface area contributed by atoms with Crippen LogP contribution < -0.4 is 0 Å². The molecule has 1 spiro atoms. The second kappa shape index (κ2) is 11.3. The monoisotopic (exact) mass is 515 g/mol. The van der Waals surface area contributed by atoms with Crippen LogP contribution in [-0.2, 0) is 19.1 Å². The third-order valence-electron chi connectivity index (χ3n) is 9.51. The van der Waals surface area contributed by atoms with Gasteiger partial charge >= 0.3 is 0 Å². The summed E-state index contributed by atoms with van der Waals surface area (Å²) in [6, 6.07) is -1.28. The molecule has 2 unspecified atom stereocenters. The fourth-order valence-electron chi connectivity index (χ4n) is 7.47. The van der Waals surface area contributed by atoms with Crippen LogP contribution in [0.1, 0.15) is 65.2 Å². The molecule has 3 amide bonds. The van der Waals surface area contributed by atoms with E-state index >= 15 is 0 Å². The van der Waals surface area contributed by atoms with Crippen LogP contribution in [0, 0.1) is 17.8 Å². The van der Waals surface area contributed by atoms with E-state index in [-0.39, 0.29) is 42.4 Å². The van der Waals surface area contributed by atoms with Gasteiger partial charge < -0.3 is 24.5 Å². The van der Waals surface area contributed by atoms with E-state index in [9.17, 15) is 19.5 Å². The Morgan fingerprint density at radius 3 is 2.43 bits per heavy atom. The lowest BCUT2D eigenvalue weighted by Crippen LogP contribution is -2.61. The maximum Gasteiger partial charge on any atom is 0.248 e. The fraction of sp³-hybridized carbons (Fsp3) is 0.759. The maximum absolute atomic E-state index is 14.6. The first-order chi connectivity index (χ1) is 17.8. The standard InChI is InChI=1S/C29H45N3O5/c1-6-16-30(5)26(34)23-22-14-15-29(37-22)24(23)27(35)32(21(18-33)19(4)8-3)25(29)28(36)31(17-7-2)20-12-10-9-11-13-20/h6-7,19-25,33H,1-2,8-18H2,3-5H3/t19-,21-,22-,23+,24-,25?,29?/m0/s1. The SMILES string of the molecule is C=CCN(C)C(=O)[C@@H]1[C@@H]2CCC3(O2)C(C(=O)N(CC=C)C2CCCCC2)N([C@@H](CO)[C@@H](C)CC)C(=O)[C@H]13. The summed E-state index contributed by atoms with van der Waals surface area (Å²) in [5, 5.41) is 10.5. The van der Waals surface area contributed by atoms with Gasteiger partial charge in [-0.2, -0.15) is 0 Å². The number of hydrogen-bond acceptors (Lipinski definition) is 5. The molecular weight excluding hydrogens is 470 g/mol. The van der Waals surface area contributed by atoms with Gasteiger partial charge in [-0.05, 0) is 31.6 Å². The number of carbonyl (C=O) groups is 3. The number of hydrogen-bond donors (Lipinski definition) is 1. The second-order valence-corrected chi connectivity index (χ2v) is 11.5. The lowest BCUT2D eigenvalue weighted by molar-refractivity contribution is -0.154. The summed E-state index contributed by atoms with van der Waals surface area (Å²) >= 11 is 0. The maximum atomic E-state index is 14.6. The molecule has 37 heavy (non-hydrogen) atoms. The van der Waals surface area contributed by atoms with E-state index in [2.05, 4.69) is 13.2 Å². The highest BCUT2D eigenvalue weighted by molar-refractivity contribution is 5.99. The Hall–Kier alpha value is -2.19. The number of amides is 3. The zero-order chi connectivity index (χ0) is 26.9. The topological polar surface area (TPSA) is 90.4 Å². The minimum atomic E-state index is -1.05. The lowest BCUT2D eigenvalue weighted by Gasteiger charge is -2.43. The summed E-state index contributed by atoms with van der Waals surface area (Å²) in [7, 11) is 1.72. The van der Waals surface area contributed by atoms with Gasteiger partial charge in [-0.25, -0.2) is 0 Å². The van der Waals surface area contributed by atoms with Gasteiger partial charge in [0.15, 0.2) is 0 Å². The van der Waals surface area contributed by atoms with E-state index in [0.29, 0.717) is 25.9 Å². The van der Waals surface area contributed by atoms with Crippen LogP contribution in [0.15, 0.2) is 25.3 Å². The highest BCUT2D eigenvalue weighted by Gasteiger charge is 2.75. The van der Waals surface area contributed by atoms with E-state index in [4.69, 9.17) is 4.74 Å². The van der Waals surface area contributed by atoms with Gasteiger partial charge in [0.05, 0.1) is 30.6 Å². The number of ether oxygens (including phenoxy) is 1. The van der Waals surface area contributed by atoms with E-state index in [1.165, 1.54) is 6.42 Å². The van der Waals surface area contributed by atoms with Crippen molar-refractivity contribution in [2.75, 3.05) is 26.7 Å². The Bertz CT molecular complexity index is 902. The molecule has 0 aromatic rings. The molecule has 2 bridgehead atoms. The molecule has 3 saturated heterocycles. The Balaban J connectivity index is 1.78. The largest absolute Gasteiger partial charge is 0.394 e. The van der Waals surface area contributed by atoms with Crippen molar-refractivity contribution < 1.29 is 24.2 Å². The van der Waals surface area contributed by atoms with E-state index in [1.54, 1.807) is 29.0 Å². The molecule has 3 aliphatic heterocycles. The first kappa shape index (κ1) is 27.8. The minimum absolute atomic E-state index is 0.0168. The van der Waals surface area contributed by atoms with E-state index in [1.807, 2.05) is 18.7 Å². The summed E-state index contributed by atoms with van der Waals surface area (Å²) in [4.78, 5) is 47.6. The van der Waals surface area contributed by atoms with Crippen molar-refractivity contribution in [1.82, 2.24) is 14.7 Å². The summed E-state index contributed by atoms with van der Waals surface area (Å²) in [6.07, 6.45) is 10.2. The molecule has 1 N–H and O–H groups in total. The molecule has 4 aliphatic rings. The average molecular weight is 516 g/mol. The number of likely N-dealkylation sites (N-methyl/N-ethyl adjacent to an activating group) is 1. The Morgan fingerprint density at radius 2 is 1.84 bits per heavy atom. The highest BCUT2D eigenvalue weighted by atomic mass is 16.5. The van der Waals surface area contributed by atoms with Gasteiger partial charge in [-0.1, -0.05) is 51.7 Å². The molecule has 4 rings (SSSR count). The number of aliphatic hydroxyl groups is 1. The molecular formula is C29H45N3O5. The number of likely N-dealkylation sites (tertiary alicyclic amines) is 1. The molecule has 0 radical (unpaired) electrons. The first-order valence-electron chi connectivity index (χ1n) is 14.1. The van der Waals surface area contributed by atoms with Crippen molar-refractivity contribution in [3.05, 3.63) is 25.3 Å². The van der Waals surface area contributed by atoms with Crippen molar-refractivity contribution in [1.29, 1.82) is 0 Å². The summed E-state index contributed by atoms with van der Waals surface area (Å²) in [5.74, 6) is -1.88. The van der Waals surface area contributed by atoms with Gasteiger partial charge in [0.25, 0.3) is 0 Å². The Labute approximate surface area is 221 Å². The molecule has 3 heterocycles. The molecule has 1 saturated carbocycles. The third-order valence-corrected chi connectivity index (χ3v) is 9.51. The van der Waals surface area contributed by atoms with Gasteiger partial charge in [0.2, 0.25) is 17.7 Å². The van der Waals surface area contributed by atoms with Gasteiger partial charge in [-0.15, -0.1) is 13.2 Å². The predicted molar refractivity (Wildman–Crippen MR) is 141 cm³/mol. The van der Waals surface area contributed by atoms with E-state index in [0.717, 1.165) is 32.1 Å². The van der Waals surface area contributed by atoms with Crippen LogP contribution in [0.3, 0.4) is 0 Å². The van der Waals surface area contributed by atoms with Crippen LogP contribution in [0.4, 0.5) is 0 Å². The summed E-state index contributed by atoms with van der Waals surface area (Å²) in [5.41, 5.74) is -1.05. The van der Waals surface area contributed by atoms with Crippen molar-refractivity contribution >= 4 is 17.7 Å². The Morgan fingerprint density at radius 1 is 1.16 bits per heavy atom. The second-order valence-electron chi connectivity index (χ2n) is 11.5. The third kappa shape index (κ3) is 4.54. The molecule has 0 aromatic carbocycles. The predicted octanol–water partition coefficient (Wildman–Crippen LogP) is 2.76. The van der Waals surface area contributed by atoms with E-state index < -0.39 is 29.5 Å². The van der Waals surface area contributed by atoms with Crippen molar-refractivity contribution in [3.8, 4) is 0 Å². The zero-order valence-electron chi connectivity index (χ0n) is 22.8. The molecule has 4 fully saturated rings. The van der Waals surface area contributed by atoms with Gasteiger partial charge in [0.1, 0.15) is 11.6 Å². The number of rotatable bonds is 11. The molecule has 7 atom stereocenters. The molecule has 0 aromatic heterocycles. The van der Waals surface area contributed by atoms with Crippen molar-refractivity contribution in [2.24, 2.45) is 17.8 Å². The summed E-state index contributed by atoms with van der Waals surface area (Å²) in [6.45, 7) is 12.2. The molecule has 206 valence electrons. The Kier molecular flexibility index (Phi) is 8.48. The quantitative estimate of drug-likeness (QED) is 0.428.